The summed E-state index contributed by atoms with van der Waals surface area (Å²) in [6.07, 6.45) is 0.0913. The van der Waals surface area contributed by atoms with Gasteiger partial charge in [0.1, 0.15) is 12.4 Å². The van der Waals surface area contributed by atoms with Gasteiger partial charge in [-0.1, -0.05) is 19.1 Å². The van der Waals surface area contributed by atoms with Crippen LogP contribution in [0.25, 0.3) is 22.3 Å². The minimum atomic E-state index is -3.05. The third-order valence-electron chi connectivity index (χ3n) is 6.97. The number of pyridine rings is 2. The van der Waals surface area contributed by atoms with Crippen LogP contribution >= 0.6 is 6.72 Å². The van der Waals surface area contributed by atoms with Gasteiger partial charge in [0, 0.05) is 28.3 Å². The number of carbonyl (C=O) groups excluding carboxylic acids is 1. The lowest BCUT2D eigenvalue weighted by Crippen LogP contribution is -2.44. The largest absolute Gasteiger partial charge is 0.490 e. The Hall–Kier alpha value is -3.72. The fraction of sp³-hybridized carbons (Fsp3) is 0.192. The highest BCUT2D eigenvalue weighted by atomic mass is 32.5. The lowest BCUT2D eigenvalue weighted by atomic mass is 9.86. The zero-order valence-electron chi connectivity index (χ0n) is 19.5. The van der Waals surface area contributed by atoms with Gasteiger partial charge in [-0.15, -0.1) is 0 Å². The second-order valence-electron chi connectivity index (χ2n) is 9.12. The second-order valence-corrected chi connectivity index (χ2v) is 11.9. The van der Waals surface area contributed by atoms with E-state index >= 15 is 0 Å². The molecule has 0 fully saturated rings. The molecule has 3 aliphatic heterocycles. The fourth-order valence-corrected chi connectivity index (χ4v) is 7.05. The van der Waals surface area contributed by atoms with E-state index in [9.17, 15) is 14.7 Å². The lowest BCUT2D eigenvalue weighted by Gasteiger charge is -2.31. The molecular formula is C26H19N2O7PS. The summed E-state index contributed by atoms with van der Waals surface area (Å²) in [5, 5.41) is 11.8. The number of cyclic esters (lactones) is 1. The molecule has 186 valence electrons. The minimum absolute atomic E-state index is 0.0913. The third-order valence-corrected chi connectivity index (χ3v) is 8.91. The Morgan fingerprint density at radius 2 is 1.89 bits per heavy atom. The first-order valence-electron chi connectivity index (χ1n) is 11.7. The number of aromatic nitrogens is 2. The Labute approximate surface area is 215 Å². The monoisotopic (exact) mass is 534 g/mol. The van der Waals surface area contributed by atoms with E-state index in [-0.39, 0.29) is 24.2 Å². The van der Waals surface area contributed by atoms with E-state index in [0.717, 1.165) is 10.9 Å². The van der Waals surface area contributed by atoms with Gasteiger partial charge >= 0.3 is 12.7 Å². The van der Waals surface area contributed by atoms with Crippen molar-refractivity contribution in [2.75, 3.05) is 0 Å². The van der Waals surface area contributed by atoms with Crippen molar-refractivity contribution in [1.29, 1.82) is 0 Å². The zero-order valence-corrected chi connectivity index (χ0v) is 21.2. The highest BCUT2D eigenvalue weighted by molar-refractivity contribution is 8.08. The molecule has 7 rings (SSSR count). The standard InChI is InChI=1S/C26H19N2O7PS/c1-2-26(31)18-11-20-23-15(12-28(20)24(29)17(18)13-32-25(26)30)9-14-10-16(7-8-19(14)27-23)33-36(37)34-21-5-3-4-6-22(21)35-36/h3-11,31H,2,12-13H2,1H3/t26-/m0/s1. The van der Waals surface area contributed by atoms with Crippen molar-refractivity contribution in [2.24, 2.45) is 0 Å². The summed E-state index contributed by atoms with van der Waals surface area (Å²) in [5.74, 6) is 0.847. The topological polar surface area (TPSA) is 109 Å². The van der Waals surface area contributed by atoms with Gasteiger partial charge in [-0.25, -0.2) is 9.78 Å². The van der Waals surface area contributed by atoms with Gasteiger partial charge in [0.25, 0.3) is 5.56 Å². The van der Waals surface area contributed by atoms with Crippen LogP contribution in [0.4, 0.5) is 0 Å². The first-order valence-corrected chi connectivity index (χ1v) is 14.2. The second kappa shape index (κ2) is 7.64. The van der Waals surface area contributed by atoms with Gasteiger partial charge in [0.2, 0.25) is 0 Å². The van der Waals surface area contributed by atoms with Crippen LogP contribution in [0.15, 0.2) is 59.4 Å². The van der Waals surface area contributed by atoms with E-state index in [1.807, 2.05) is 24.3 Å². The number of nitrogens with zero attached hydrogens (tertiary/aromatic N) is 2. The normalized spacial score (nSPS) is 20.2. The maximum absolute atomic E-state index is 13.3. The first kappa shape index (κ1) is 22.5. The molecule has 5 heterocycles. The number of hydrogen-bond donors (Lipinski definition) is 1. The number of para-hydroxylation sites is 2. The fourth-order valence-electron chi connectivity index (χ4n) is 5.05. The molecule has 1 atom stereocenters. The van der Waals surface area contributed by atoms with Gasteiger partial charge in [0.05, 0.1) is 29.0 Å². The molecular weight excluding hydrogens is 515 g/mol. The number of benzene rings is 2. The number of fused-ring (bicyclic) bond motifs is 6. The summed E-state index contributed by atoms with van der Waals surface area (Å²) in [7, 11) is 0. The number of ether oxygens (including phenoxy) is 1. The summed E-state index contributed by atoms with van der Waals surface area (Å²) in [6.45, 7) is -1.23. The number of hydrogen-bond acceptors (Lipinski definition) is 9. The van der Waals surface area contributed by atoms with Gasteiger partial charge in [-0.2, -0.15) is 0 Å². The van der Waals surface area contributed by atoms with E-state index in [1.165, 1.54) is 0 Å². The third kappa shape index (κ3) is 3.26. The molecule has 3 aliphatic rings. The van der Waals surface area contributed by atoms with Crippen molar-refractivity contribution < 1.29 is 28.2 Å². The molecule has 0 saturated carbocycles. The summed E-state index contributed by atoms with van der Waals surface area (Å²) in [6, 6.07) is 16.2. The highest BCUT2D eigenvalue weighted by Gasteiger charge is 2.45. The number of esters is 1. The molecule has 4 aromatic rings. The predicted octanol–water partition coefficient (Wildman–Crippen LogP) is 4.15. The average Bonchev–Trinajstić information content (AvgIpc) is 3.41. The van der Waals surface area contributed by atoms with Crippen LogP contribution in [0, 0.1) is 0 Å². The van der Waals surface area contributed by atoms with E-state index in [0.29, 0.717) is 46.3 Å². The van der Waals surface area contributed by atoms with Gasteiger partial charge < -0.3 is 28.0 Å². The molecule has 0 spiro atoms. The maximum atomic E-state index is 13.3. The van der Waals surface area contributed by atoms with Crippen molar-refractivity contribution in [3.8, 4) is 28.6 Å². The van der Waals surface area contributed by atoms with E-state index in [1.54, 1.807) is 41.8 Å². The minimum Gasteiger partial charge on any atom is -0.458 e. The van der Waals surface area contributed by atoms with Crippen LogP contribution < -0.4 is 19.1 Å². The van der Waals surface area contributed by atoms with Crippen LogP contribution in [0.5, 0.6) is 17.2 Å². The highest BCUT2D eigenvalue weighted by Crippen LogP contribution is 2.58. The van der Waals surface area contributed by atoms with Crippen LogP contribution in [0.2, 0.25) is 0 Å². The average molecular weight is 534 g/mol. The smallest absolute Gasteiger partial charge is 0.458 e. The molecule has 11 heteroatoms. The molecule has 2 aromatic carbocycles. The number of rotatable bonds is 3. The molecule has 1 N–H and O–H groups in total. The Morgan fingerprint density at radius 1 is 1.14 bits per heavy atom. The summed E-state index contributed by atoms with van der Waals surface area (Å²) in [4.78, 5) is 30.5. The van der Waals surface area contributed by atoms with Crippen LogP contribution in [-0.4, -0.2) is 20.6 Å². The molecule has 0 unspecified atom stereocenters. The van der Waals surface area contributed by atoms with E-state index in [2.05, 4.69) is 0 Å². The maximum Gasteiger partial charge on any atom is 0.490 e. The zero-order chi connectivity index (χ0) is 25.5. The molecule has 2 aromatic heterocycles. The molecule has 37 heavy (non-hydrogen) atoms. The summed E-state index contributed by atoms with van der Waals surface area (Å²) in [5.41, 5.74) is 1.12. The van der Waals surface area contributed by atoms with Crippen molar-refractivity contribution in [3.63, 3.8) is 0 Å². The first-order chi connectivity index (χ1) is 17.8. The Morgan fingerprint density at radius 3 is 2.62 bits per heavy atom. The number of carbonyl (C=O) groups is 1. The molecule has 0 radical (unpaired) electrons. The Bertz CT molecular complexity index is 1760. The lowest BCUT2D eigenvalue weighted by molar-refractivity contribution is -0.172. The molecule has 0 aliphatic carbocycles. The van der Waals surface area contributed by atoms with Crippen molar-refractivity contribution in [3.05, 3.63) is 81.6 Å². The summed E-state index contributed by atoms with van der Waals surface area (Å²) >= 11 is 5.54. The van der Waals surface area contributed by atoms with E-state index < -0.39 is 18.3 Å². The van der Waals surface area contributed by atoms with Crippen LogP contribution in [-0.2, 0) is 40.1 Å². The number of aliphatic hydroxyl groups is 1. The Kier molecular flexibility index (Phi) is 4.64. The van der Waals surface area contributed by atoms with Crippen molar-refractivity contribution in [2.45, 2.75) is 32.1 Å². The van der Waals surface area contributed by atoms with Crippen molar-refractivity contribution >= 4 is 35.4 Å². The summed E-state index contributed by atoms with van der Waals surface area (Å²) < 4.78 is 24.3. The van der Waals surface area contributed by atoms with Gasteiger partial charge in [-0.3, -0.25) is 4.79 Å². The van der Waals surface area contributed by atoms with Gasteiger partial charge in [0.15, 0.2) is 17.1 Å². The van der Waals surface area contributed by atoms with Crippen molar-refractivity contribution in [1.82, 2.24) is 9.55 Å². The van der Waals surface area contributed by atoms with Gasteiger partial charge in [-0.05, 0) is 48.9 Å². The SMILES string of the molecule is CC[C@@]1(O)C(=O)OCc2c1cc1n(c2=O)Cc2cc3cc(OP4(=S)Oc5ccccc5O4)ccc3nc2-1. The molecule has 0 saturated heterocycles. The quantitative estimate of drug-likeness (QED) is 0.270. The molecule has 0 amide bonds. The molecule has 9 nitrogen and oxygen atoms in total. The Balaban J connectivity index is 1.27. The van der Waals surface area contributed by atoms with Crippen LogP contribution in [0.3, 0.4) is 0 Å². The molecule has 0 bridgehead atoms. The van der Waals surface area contributed by atoms with E-state index in [4.69, 9.17) is 35.1 Å². The van der Waals surface area contributed by atoms with Crippen LogP contribution in [0.1, 0.15) is 30.0 Å². The predicted molar refractivity (Wildman–Crippen MR) is 137 cm³/mol.